The van der Waals surface area contributed by atoms with Crippen LogP contribution in [0.15, 0.2) is 76.7 Å². The molecule has 0 saturated carbocycles. The van der Waals surface area contributed by atoms with E-state index in [0.717, 1.165) is 11.1 Å². The minimum Gasteiger partial charge on any atom is -0.454 e. The predicted octanol–water partition coefficient (Wildman–Crippen LogP) is 4.54. The molecule has 3 aromatic rings. The normalized spacial score (nSPS) is 17.1. The summed E-state index contributed by atoms with van der Waals surface area (Å²) in [5.41, 5.74) is 3.96. The van der Waals surface area contributed by atoms with Gasteiger partial charge in [0.15, 0.2) is 16.7 Å². The lowest BCUT2D eigenvalue weighted by Crippen LogP contribution is -2.43. The molecule has 2 N–H and O–H groups in total. The highest BCUT2D eigenvalue weighted by molar-refractivity contribution is 8.15. The fourth-order valence-corrected chi connectivity index (χ4v) is 5.93. The van der Waals surface area contributed by atoms with Crippen LogP contribution in [-0.2, 0) is 20.9 Å². The maximum Gasteiger partial charge on any atom is 0.259 e. The van der Waals surface area contributed by atoms with E-state index >= 15 is 0 Å². The van der Waals surface area contributed by atoms with Crippen molar-refractivity contribution in [1.82, 2.24) is 10.2 Å². The summed E-state index contributed by atoms with van der Waals surface area (Å²) in [6.07, 6.45) is 0.401. The minimum atomic E-state index is -0.907. The van der Waals surface area contributed by atoms with E-state index in [9.17, 15) is 14.4 Å². The van der Waals surface area contributed by atoms with Gasteiger partial charge < -0.3 is 20.1 Å². The van der Waals surface area contributed by atoms with Crippen LogP contribution in [0.2, 0.25) is 0 Å². The number of para-hydroxylation sites is 1. The van der Waals surface area contributed by atoms with Crippen molar-refractivity contribution in [2.75, 3.05) is 12.1 Å². The highest BCUT2D eigenvalue weighted by Crippen LogP contribution is 2.36. The number of carbonyl (C=O) groups is 3. The van der Waals surface area contributed by atoms with Crippen LogP contribution in [0.25, 0.3) is 0 Å². The van der Waals surface area contributed by atoms with Gasteiger partial charge in [0, 0.05) is 17.8 Å². The summed E-state index contributed by atoms with van der Waals surface area (Å²) in [5.74, 6) is 0.908. The number of aliphatic imine (C=N–C) groups is 2. The molecule has 3 heterocycles. The zero-order valence-electron chi connectivity index (χ0n) is 23.1. The Balaban J connectivity index is 1.17. The Labute approximate surface area is 247 Å². The molecule has 3 aliphatic rings. The number of thioether (sulfide) groups is 1. The molecule has 0 aromatic heterocycles. The third-order valence-electron chi connectivity index (χ3n) is 7.05. The number of carbonyl (C=O) groups excluding carboxylic acids is 3. The number of nitrogens with zero attached hydrogens (tertiary/aromatic N) is 3. The Hall–Kier alpha value is -4.64. The first kappa shape index (κ1) is 27.5. The number of amides is 3. The van der Waals surface area contributed by atoms with E-state index in [2.05, 4.69) is 15.6 Å². The molecule has 3 aromatic carbocycles. The van der Waals surface area contributed by atoms with Gasteiger partial charge in [-0.1, -0.05) is 49.0 Å². The molecule has 6 rings (SSSR count). The molecule has 10 nitrogen and oxygen atoms in total. The number of fused-ring (bicyclic) bond motifs is 4. The minimum absolute atomic E-state index is 0.117. The lowest BCUT2D eigenvalue weighted by Gasteiger charge is -2.27. The smallest absolute Gasteiger partial charge is 0.259 e. The number of aryl methyl sites for hydroxylation is 1. The monoisotopic (exact) mass is 583 g/mol. The van der Waals surface area contributed by atoms with E-state index in [1.54, 1.807) is 6.07 Å². The van der Waals surface area contributed by atoms with E-state index in [1.807, 2.05) is 74.5 Å². The van der Waals surface area contributed by atoms with Gasteiger partial charge in [-0.3, -0.25) is 19.4 Å². The van der Waals surface area contributed by atoms with E-state index in [-0.39, 0.29) is 37.5 Å². The Bertz CT molecular complexity index is 1640. The van der Waals surface area contributed by atoms with Gasteiger partial charge in [-0.15, -0.1) is 0 Å². The number of rotatable bonds is 8. The van der Waals surface area contributed by atoms with Crippen LogP contribution >= 0.6 is 11.8 Å². The number of anilines is 1. The summed E-state index contributed by atoms with van der Waals surface area (Å²) in [6.45, 7) is 4.33. The van der Waals surface area contributed by atoms with Crippen molar-refractivity contribution in [2.24, 2.45) is 9.98 Å². The standard InChI is InChI=1S/C31H29N5O5S/c1-3-26(29(38)33-20-8-6-7-18(2)13-20)42-31-35-22-10-5-4-9-21(22)28-34-23(30(39)36(28)31)15-27(37)32-16-19-11-12-24-25(14-19)41-17-40-24/h4-14,23,26H,3,15-17H2,1-2H3,(H,32,37)(H,33,38). The molecular weight excluding hydrogens is 554 g/mol. The second-order valence-electron chi connectivity index (χ2n) is 10.1. The Morgan fingerprint density at radius 2 is 1.90 bits per heavy atom. The number of hydrogen-bond donors (Lipinski definition) is 2. The van der Waals surface area contributed by atoms with Gasteiger partial charge in [0.25, 0.3) is 5.91 Å². The average molecular weight is 584 g/mol. The molecule has 0 spiro atoms. The molecule has 3 amide bonds. The van der Waals surface area contributed by atoms with Crippen LogP contribution in [0.4, 0.5) is 11.4 Å². The molecule has 3 aliphatic heterocycles. The third kappa shape index (κ3) is 5.60. The summed E-state index contributed by atoms with van der Waals surface area (Å²) < 4.78 is 10.7. The summed E-state index contributed by atoms with van der Waals surface area (Å²) in [7, 11) is 0. The molecule has 2 atom stereocenters. The van der Waals surface area contributed by atoms with E-state index in [4.69, 9.17) is 14.5 Å². The topological polar surface area (TPSA) is 122 Å². The summed E-state index contributed by atoms with van der Waals surface area (Å²) in [6, 6.07) is 19.6. The summed E-state index contributed by atoms with van der Waals surface area (Å²) in [4.78, 5) is 50.7. The maximum atomic E-state index is 13.7. The molecular formula is C31H29N5O5S. The molecule has 11 heteroatoms. The molecule has 0 fully saturated rings. The van der Waals surface area contributed by atoms with Gasteiger partial charge in [0.05, 0.1) is 17.4 Å². The highest BCUT2D eigenvalue weighted by Gasteiger charge is 2.43. The molecule has 214 valence electrons. The molecule has 42 heavy (non-hydrogen) atoms. The first-order chi connectivity index (χ1) is 20.4. The van der Waals surface area contributed by atoms with Crippen LogP contribution in [0.5, 0.6) is 11.5 Å². The van der Waals surface area contributed by atoms with E-state index in [1.165, 1.54) is 16.7 Å². The van der Waals surface area contributed by atoms with Crippen molar-refractivity contribution in [1.29, 1.82) is 0 Å². The van der Waals surface area contributed by atoms with Crippen LogP contribution in [0.1, 0.15) is 36.5 Å². The van der Waals surface area contributed by atoms with Crippen molar-refractivity contribution in [2.45, 2.75) is 44.5 Å². The number of ether oxygens (including phenoxy) is 2. The average Bonchev–Trinajstić information content (AvgIpc) is 3.59. The number of benzene rings is 3. The van der Waals surface area contributed by atoms with Crippen molar-refractivity contribution in [3.05, 3.63) is 83.4 Å². The van der Waals surface area contributed by atoms with Gasteiger partial charge >= 0.3 is 0 Å². The van der Waals surface area contributed by atoms with Gasteiger partial charge in [0.2, 0.25) is 18.6 Å². The van der Waals surface area contributed by atoms with E-state index < -0.39 is 11.3 Å². The number of amidine groups is 2. The number of nitrogens with one attached hydrogen (secondary N) is 2. The van der Waals surface area contributed by atoms with Crippen LogP contribution in [0, 0.1) is 6.92 Å². The fourth-order valence-electron chi connectivity index (χ4n) is 4.91. The fraction of sp³-hybridized carbons (Fsp3) is 0.258. The molecule has 0 aliphatic carbocycles. The van der Waals surface area contributed by atoms with Gasteiger partial charge in [-0.2, -0.15) is 0 Å². The number of hydrogen-bond acceptors (Lipinski definition) is 8. The second kappa shape index (κ2) is 11.7. The molecule has 0 bridgehead atoms. The van der Waals surface area contributed by atoms with Crippen LogP contribution < -0.4 is 20.1 Å². The zero-order valence-corrected chi connectivity index (χ0v) is 23.9. The summed E-state index contributed by atoms with van der Waals surface area (Å²) >= 11 is 1.22. The van der Waals surface area contributed by atoms with Gasteiger partial charge in [-0.05, 0) is 60.9 Å². The zero-order chi connectivity index (χ0) is 29.2. The second-order valence-corrected chi connectivity index (χ2v) is 11.3. The van der Waals surface area contributed by atoms with Crippen LogP contribution in [0.3, 0.4) is 0 Å². The van der Waals surface area contributed by atoms with Crippen molar-refractivity contribution >= 4 is 51.9 Å². The predicted molar refractivity (Wildman–Crippen MR) is 161 cm³/mol. The first-order valence-corrected chi connectivity index (χ1v) is 14.6. The quantitative estimate of drug-likeness (QED) is 0.402. The largest absolute Gasteiger partial charge is 0.454 e. The maximum absolute atomic E-state index is 13.7. The summed E-state index contributed by atoms with van der Waals surface area (Å²) in [5, 5.41) is 5.70. The van der Waals surface area contributed by atoms with E-state index in [0.29, 0.717) is 45.9 Å². The third-order valence-corrected chi connectivity index (χ3v) is 8.37. The Kier molecular flexibility index (Phi) is 7.66. The highest BCUT2D eigenvalue weighted by atomic mass is 32.2. The SMILES string of the molecule is CCC(SC1=Nc2ccccc2C2=NC(CC(=O)NCc3ccc4c(c3)OCO4)C(=O)N12)C(=O)Nc1cccc(C)c1. The lowest BCUT2D eigenvalue weighted by atomic mass is 10.1. The Morgan fingerprint density at radius 3 is 2.74 bits per heavy atom. The van der Waals surface area contributed by atoms with Gasteiger partial charge in [-0.25, -0.2) is 9.89 Å². The van der Waals surface area contributed by atoms with Crippen molar-refractivity contribution in [3.8, 4) is 11.5 Å². The van der Waals surface area contributed by atoms with Crippen molar-refractivity contribution < 1.29 is 23.9 Å². The molecule has 0 saturated heterocycles. The molecule has 2 unspecified atom stereocenters. The molecule has 0 radical (unpaired) electrons. The Morgan fingerprint density at radius 1 is 1.07 bits per heavy atom. The van der Waals surface area contributed by atoms with Gasteiger partial charge in [0.1, 0.15) is 11.9 Å². The van der Waals surface area contributed by atoms with Crippen LogP contribution in [-0.4, -0.2) is 51.7 Å². The lowest BCUT2D eigenvalue weighted by molar-refractivity contribution is -0.128. The van der Waals surface area contributed by atoms with Crippen molar-refractivity contribution in [3.63, 3.8) is 0 Å². The first-order valence-electron chi connectivity index (χ1n) is 13.7.